The van der Waals surface area contributed by atoms with Gasteiger partial charge in [-0.2, -0.15) is 13.2 Å². The van der Waals surface area contributed by atoms with Crippen molar-refractivity contribution in [1.82, 2.24) is 4.98 Å². The van der Waals surface area contributed by atoms with E-state index in [9.17, 15) is 13.2 Å². The van der Waals surface area contributed by atoms with Crippen molar-refractivity contribution in [3.05, 3.63) is 60.3 Å². The van der Waals surface area contributed by atoms with Crippen molar-refractivity contribution >= 4 is 22.3 Å². The highest BCUT2D eigenvalue weighted by Crippen LogP contribution is 2.32. The standard InChI is InChI=1S/C18H15F3N2O/c1-12-5-2-3-7-14(12)23-15-9-10-22-17-13(15)6-4-8-16(17)24-11-18(19,20)21/h2-10H,11H2,1H3,(H,22,23). The van der Waals surface area contributed by atoms with E-state index >= 15 is 0 Å². The van der Waals surface area contributed by atoms with E-state index in [1.54, 1.807) is 24.4 Å². The summed E-state index contributed by atoms with van der Waals surface area (Å²) >= 11 is 0. The number of nitrogens with one attached hydrogen (secondary N) is 1. The number of pyridine rings is 1. The van der Waals surface area contributed by atoms with Gasteiger partial charge in [0.2, 0.25) is 0 Å². The molecule has 0 aliphatic heterocycles. The number of alkyl halides is 3. The SMILES string of the molecule is Cc1ccccc1Nc1ccnc2c(OCC(F)(F)F)cccc12. The summed E-state index contributed by atoms with van der Waals surface area (Å²) in [6.07, 6.45) is -2.84. The number of ether oxygens (including phenoxy) is 1. The summed E-state index contributed by atoms with van der Waals surface area (Å²) in [6, 6.07) is 14.5. The Morgan fingerprint density at radius 1 is 1.00 bits per heavy atom. The average Bonchev–Trinajstić information content (AvgIpc) is 2.54. The van der Waals surface area contributed by atoms with Crippen LogP contribution in [0, 0.1) is 6.92 Å². The summed E-state index contributed by atoms with van der Waals surface area (Å²) in [7, 11) is 0. The third kappa shape index (κ3) is 3.59. The summed E-state index contributed by atoms with van der Waals surface area (Å²) in [5.41, 5.74) is 3.13. The molecule has 3 nitrogen and oxygen atoms in total. The first-order valence-corrected chi connectivity index (χ1v) is 7.34. The molecule has 2 aromatic carbocycles. The van der Waals surface area contributed by atoms with Gasteiger partial charge in [-0.25, -0.2) is 0 Å². The van der Waals surface area contributed by atoms with Gasteiger partial charge in [-0.1, -0.05) is 30.3 Å². The maximum atomic E-state index is 12.4. The fourth-order valence-corrected chi connectivity index (χ4v) is 2.39. The number of fused-ring (bicyclic) bond motifs is 1. The van der Waals surface area contributed by atoms with Crippen LogP contribution in [0.15, 0.2) is 54.7 Å². The van der Waals surface area contributed by atoms with Gasteiger partial charge in [0.1, 0.15) is 11.3 Å². The highest BCUT2D eigenvalue weighted by molar-refractivity contribution is 5.96. The molecule has 0 amide bonds. The van der Waals surface area contributed by atoms with E-state index in [0.29, 0.717) is 10.9 Å². The van der Waals surface area contributed by atoms with Crippen LogP contribution >= 0.6 is 0 Å². The molecule has 0 saturated heterocycles. The van der Waals surface area contributed by atoms with Crippen LogP contribution in [0.3, 0.4) is 0 Å². The summed E-state index contributed by atoms with van der Waals surface area (Å²) < 4.78 is 42.1. The molecule has 24 heavy (non-hydrogen) atoms. The molecule has 0 aliphatic rings. The summed E-state index contributed by atoms with van der Waals surface area (Å²) in [5.74, 6) is 0.109. The van der Waals surface area contributed by atoms with Gasteiger partial charge in [-0.15, -0.1) is 0 Å². The number of rotatable bonds is 4. The minimum atomic E-state index is -4.39. The number of nitrogens with zero attached hydrogens (tertiary/aromatic N) is 1. The van der Waals surface area contributed by atoms with E-state index in [0.717, 1.165) is 16.9 Å². The van der Waals surface area contributed by atoms with Crippen LogP contribution in [-0.2, 0) is 0 Å². The number of anilines is 2. The number of benzene rings is 2. The van der Waals surface area contributed by atoms with Crippen LogP contribution in [0.2, 0.25) is 0 Å². The van der Waals surface area contributed by atoms with Crippen molar-refractivity contribution in [1.29, 1.82) is 0 Å². The number of aromatic nitrogens is 1. The van der Waals surface area contributed by atoms with E-state index in [1.165, 1.54) is 6.07 Å². The maximum Gasteiger partial charge on any atom is 0.422 e. The summed E-state index contributed by atoms with van der Waals surface area (Å²) in [4.78, 5) is 4.17. The van der Waals surface area contributed by atoms with Gasteiger partial charge in [-0.3, -0.25) is 4.98 Å². The van der Waals surface area contributed by atoms with Crippen LogP contribution in [0.1, 0.15) is 5.56 Å². The Kier molecular flexibility index (Phi) is 4.29. The average molecular weight is 332 g/mol. The lowest BCUT2D eigenvalue weighted by atomic mass is 10.1. The third-order valence-corrected chi connectivity index (χ3v) is 3.54. The zero-order valence-electron chi connectivity index (χ0n) is 12.9. The predicted molar refractivity (Wildman–Crippen MR) is 87.8 cm³/mol. The quantitative estimate of drug-likeness (QED) is 0.710. The Balaban J connectivity index is 1.97. The van der Waals surface area contributed by atoms with Gasteiger partial charge in [0.15, 0.2) is 6.61 Å². The number of para-hydroxylation sites is 2. The number of aryl methyl sites for hydroxylation is 1. The van der Waals surface area contributed by atoms with Gasteiger partial charge < -0.3 is 10.1 Å². The first-order chi connectivity index (χ1) is 11.4. The molecule has 0 saturated carbocycles. The minimum absolute atomic E-state index is 0.109. The van der Waals surface area contributed by atoms with Crippen LogP contribution in [0.5, 0.6) is 5.75 Å². The molecule has 0 aliphatic carbocycles. The molecule has 0 bridgehead atoms. The van der Waals surface area contributed by atoms with Gasteiger partial charge >= 0.3 is 6.18 Å². The molecule has 3 aromatic rings. The molecule has 0 radical (unpaired) electrons. The Hall–Kier alpha value is -2.76. The van der Waals surface area contributed by atoms with E-state index in [2.05, 4.69) is 10.3 Å². The van der Waals surface area contributed by atoms with Crippen molar-refractivity contribution in [2.24, 2.45) is 0 Å². The molecule has 3 rings (SSSR count). The maximum absolute atomic E-state index is 12.4. The van der Waals surface area contributed by atoms with Crippen molar-refractivity contribution in [3.63, 3.8) is 0 Å². The molecule has 0 atom stereocenters. The van der Waals surface area contributed by atoms with Gasteiger partial charge in [0, 0.05) is 23.0 Å². The smallest absolute Gasteiger partial charge is 0.422 e. The van der Waals surface area contributed by atoms with Crippen LogP contribution < -0.4 is 10.1 Å². The number of halogens is 3. The molecule has 0 fully saturated rings. The molecule has 1 aromatic heterocycles. The first-order valence-electron chi connectivity index (χ1n) is 7.34. The Labute approximate surface area is 137 Å². The largest absolute Gasteiger partial charge is 0.482 e. The van der Waals surface area contributed by atoms with E-state index in [4.69, 9.17) is 4.74 Å². The monoisotopic (exact) mass is 332 g/mol. The normalized spacial score (nSPS) is 11.5. The van der Waals surface area contributed by atoms with Crippen molar-refractivity contribution in [3.8, 4) is 5.75 Å². The molecular formula is C18H15F3N2O. The van der Waals surface area contributed by atoms with Gasteiger partial charge in [0.25, 0.3) is 0 Å². The highest BCUT2D eigenvalue weighted by atomic mass is 19.4. The Morgan fingerprint density at radius 2 is 1.79 bits per heavy atom. The molecule has 0 unspecified atom stereocenters. The van der Waals surface area contributed by atoms with E-state index < -0.39 is 12.8 Å². The minimum Gasteiger partial charge on any atom is -0.482 e. The molecule has 124 valence electrons. The number of hydrogen-bond acceptors (Lipinski definition) is 3. The van der Waals surface area contributed by atoms with E-state index in [-0.39, 0.29) is 5.75 Å². The summed E-state index contributed by atoms with van der Waals surface area (Å²) in [6.45, 7) is 0.632. The lowest BCUT2D eigenvalue weighted by Crippen LogP contribution is -2.19. The van der Waals surface area contributed by atoms with Crippen molar-refractivity contribution in [2.75, 3.05) is 11.9 Å². The first kappa shape index (κ1) is 16.1. The second-order valence-electron chi connectivity index (χ2n) is 5.35. The van der Waals surface area contributed by atoms with Crippen molar-refractivity contribution < 1.29 is 17.9 Å². The fraction of sp³-hybridized carbons (Fsp3) is 0.167. The van der Waals surface area contributed by atoms with Gasteiger partial charge in [-0.05, 0) is 30.7 Å². The molecule has 1 heterocycles. The Bertz CT molecular complexity index is 862. The lowest BCUT2D eigenvalue weighted by Gasteiger charge is -2.14. The number of hydrogen-bond donors (Lipinski definition) is 1. The van der Waals surface area contributed by atoms with Crippen molar-refractivity contribution in [2.45, 2.75) is 13.1 Å². The predicted octanol–water partition coefficient (Wildman–Crippen LogP) is 5.23. The van der Waals surface area contributed by atoms with Gasteiger partial charge in [0.05, 0.1) is 0 Å². The highest BCUT2D eigenvalue weighted by Gasteiger charge is 2.28. The van der Waals surface area contributed by atoms with Crippen LogP contribution in [0.4, 0.5) is 24.5 Å². The molecular weight excluding hydrogens is 317 g/mol. The lowest BCUT2D eigenvalue weighted by molar-refractivity contribution is -0.153. The summed E-state index contributed by atoms with van der Waals surface area (Å²) in [5, 5.41) is 3.99. The Morgan fingerprint density at radius 3 is 2.54 bits per heavy atom. The third-order valence-electron chi connectivity index (χ3n) is 3.54. The van der Waals surface area contributed by atoms with Crippen LogP contribution in [-0.4, -0.2) is 17.8 Å². The second kappa shape index (κ2) is 6.39. The molecule has 1 N–H and O–H groups in total. The molecule has 6 heteroatoms. The topological polar surface area (TPSA) is 34.2 Å². The fourth-order valence-electron chi connectivity index (χ4n) is 2.39. The molecule has 0 spiro atoms. The zero-order valence-corrected chi connectivity index (χ0v) is 12.9. The van der Waals surface area contributed by atoms with E-state index in [1.807, 2.05) is 31.2 Å². The van der Waals surface area contributed by atoms with Crippen LogP contribution in [0.25, 0.3) is 10.9 Å². The zero-order chi connectivity index (χ0) is 17.2. The second-order valence-corrected chi connectivity index (χ2v) is 5.35.